The zero-order valence-corrected chi connectivity index (χ0v) is 15.3. The van der Waals surface area contributed by atoms with Crippen LogP contribution >= 0.6 is 0 Å². The first-order valence-corrected chi connectivity index (χ1v) is 9.68. The van der Waals surface area contributed by atoms with Crippen molar-refractivity contribution in [2.75, 3.05) is 18.4 Å². The number of nitrogens with zero attached hydrogens (tertiary/aromatic N) is 1. The quantitative estimate of drug-likeness (QED) is 0.747. The van der Waals surface area contributed by atoms with Crippen LogP contribution in [0.25, 0.3) is 0 Å². The van der Waals surface area contributed by atoms with Crippen molar-refractivity contribution in [3.63, 3.8) is 0 Å². The summed E-state index contributed by atoms with van der Waals surface area (Å²) in [4.78, 5) is 26.1. The Hall–Kier alpha value is -1.92. The van der Waals surface area contributed by atoms with Gasteiger partial charge in [-0.15, -0.1) is 0 Å². The lowest BCUT2D eigenvalue weighted by atomic mass is 9.85. The van der Waals surface area contributed by atoms with Crippen LogP contribution in [-0.4, -0.2) is 35.8 Å². The Labute approximate surface area is 155 Å². The number of hydrogen-bond donors (Lipinski definition) is 3. The van der Waals surface area contributed by atoms with Crippen molar-refractivity contribution in [1.82, 2.24) is 4.90 Å². The third kappa shape index (κ3) is 5.05. The highest BCUT2D eigenvalue weighted by atomic mass is 16.2. The zero-order valence-electron chi connectivity index (χ0n) is 15.3. The number of hydrogen-bond acceptors (Lipinski definition) is 4. The molecule has 1 heterocycles. The number of amides is 2. The van der Waals surface area contributed by atoms with Gasteiger partial charge in [-0.05, 0) is 56.3 Å². The number of benzene rings is 1. The summed E-state index contributed by atoms with van der Waals surface area (Å²) >= 11 is 0. The van der Waals surface area contributed by atoms with Crippen LogP contribution in [0.1, 0.15) is 44.1 Å². The number of nitrogens with one attached hydrogen (secondary N) is 1. The molecule has 1 aromatic rings. The van der Waals surface area contributed by atoms with Crippen molar-refractivity contribution >= 4 is 17.5 Å². The van der Waals surface area contributed by atoms with Crippen LogP contribution in [0.15, 0.2) is 24.3 Å². The molecule has 3 rings (SSSR count). The molecule has 2 aliphatic rings. The summed E-state index contributed by atoms with van der Waals surface area (Å²) in [6.07, 6.45) is 5.65. The summed E-state index contributed by atoms with van der Waals surface area (Å²) in [5, 5.41) is 3.02. The van der Waals surface area contributed by atoms with Crippen LogP contribution in [0.2, 0.25) is 0 Å². The molecule has 0 spiro atoms. The van der Waals surface area contributed by atoms with Crippen molar-refractivity contribution in [2.24, 2.45) is 23.3 Å². The number of rotatable bonds is 5. The smallest absolute Gasteiger partial charge is 0.227 e. The van der Waals surface area contributed by atoms with Crippen molar-refractivity contribution < 1.29 is 9.59 Å². The molecule has 3 atom stereocenters. The fourth-order valence-electron chi connectivity index (χ4n) is 4.09. The van der Waals surface area contributed by atoms with E-state index in [0.29, 0.717) is 0 Å². The van der Waals surface area contributed by atoms with E-state index in [1.54, 1.807) is 0 Å². The molecule has 6 heteroatoms. The maximum atomic E-state index is 12.4. The first-order valence-electron chi connectivity index (χ1n) is 9.68. The highest BCUT2D eigenvalue weighted by Gasteiger charge is 2.26. The summed E-state index contributed by atoms with van der Waals surface area (Å²) in [7, 11) is 0. The van der Waals surface area contributed by atoms with E-state index in [2.05, 4.69) is 10.2 Å². The number of anilines is 1. The molecule has 1 aromatic carbocycles. The molecule has 5 N–H and O–H groups in total. The minimum absolute atomic E-state index is 0.0255. The maximum Gasteiger partial charge on any atom is 0.227 e. The lowest BCUT2D eigenvalue weighted by Gasteiger charge is -2.31. The van der Waals surface area contributed by atoms with Gasteiger partial charge in [-0.25, -0.2) is 0 Å². The fourth-order valence-corrected chi connectivity index (χ4v) is 4.09. The van der Waals surface area contributed by atoms with E-state index >= 15 is 0 Å². The summed E-state index contributed by atoms with van der Waals surface area (Å²) in [5.41, 5.74) is 13.4. The number of nitrogens with two attached hydrogens (primary N) is 2. The Morgan fingerprint density at radius 2 is 1.81 bits per heavy atom. The summed E-state index contributed by atoms with van der Waals surface area (Å²) in [6, 6.07) is 8.12. The summed E-state index contributed by atoms with van der Waals surface area (Å²) in [5.74, 6) is -0.134. The van der Waals surface area contributed by atoms with E-state index in [1.165, 1.54) is 5.56 Å². The molecule has 26 heavy (non-hydrogen) atoms. The molecule has 2 fully saturated rings. The molecular weight excluding hydrogens is 328 g/mol. The van der Waals surface area contributed by atoms with E-state index in [1.807, 2.05) is 24.3 Å². The van der Waals surface area contributed by atoms with Crippen LogP contribution in [0.4, 0.5) is 5.69 Å². The van der Waals surface area contributed by atoms with Crippen molar-refractivity contribution in [1.29, 1.82) is 0 Å². The fraction of sp³-hybridized carbons (Fsp3) is 0.600. The highest BCUT2D eigenvalue weighted by Crippen LogP contribution is 2.25. The maximum absolute atomic E-state index is 12.4. The molecular formula is C20H30N4O2. The molecule has 0 aromatic heterocycles. The lowest BCUT2D eigenvalue weighted by molar-refractivity contribution is -0.123. The van der Waals surface area contributed by atoms with Crippen LogP contribution in [0.3, 0.4) is 0 Å². The molecule has 0 radical (unpaired) electrons. The third-order valence-electron chi connectivity index (χ3n) is 5.62. The largest absolute Gasteiger partial charge is 0.369 e. The highest BCUT2D eigenvalue weighted by molar-refractivity contribution is 5.92. The van der Waals surface area contributed by atoms with Gasteiger partial charge in [0, 0.05) is 30.7 Å². The molecule has 0 bridgehead atoms. The number of carbonyl (C=O) groups is 2. The average Bonchev–Trinajstić information content (AvgIpc) is 2.63. The van der Waals surface area contributed by atoms with E-state index in [4.69, 9.17) is 11.5 Å². The standard InChI is InChI=1S/C20H30N4O2/c21-17-5-1-3-15(11-17)20(26)23-18-8-6-14(7-9-18)12-24-10-2-4-16(13-24)19(22)25/h6-9,15-17H,1-5,10-13,21H2,(H2,22,25)(H,23,26). The second kappa shape index (κ2) is 8.64. The number of primary amides is 1. The van der Waals surface area contributed by atoms with Gasteiger partial charge in [-0.3, -0.25) is 14.5 Å². The second-order valence-electron chi connectivity index (χ2n) is 7.79. The van der Waals surface area contributed by atoms with Crippen LogP contribution in [0, 0.1) is 11.8 Å². The molecule has 1 aliphatic carbocycles. The first-order chi connectivity index (χ1) is 12.5. The monoisotopic (exact) mass is 358 g/mol. The van der Waals surface area contributed by atoms with Gasteiger partial charge in [0.05, 0.1) is 5.92 Å². The number of likely N-dealkylation sites (tertiary alicyclic amines) is 1. The van der Waals surface area contributed by atoms with E-state index in [-0.39, 0.29) is 29.7 Å². The Balaban J connectivity index is 1.51. The molecule has 1 saturated carbocycles. The van der Waals surface area contributed by atoms with E-state index in [0.717, 1.165) is 63.8 Å². The summed E-state index contributed by atoms with van der Waals surface area (Å²) in [6.45, 7) is 2.52. The van der Waals surface area contributed by atoms with Gasteiger partial charge >= 0.3 is 0 Å². The zero-order chi connectivity index (χ0) is 18.5. The number of carbonyl (C=O) groups excluding carboxylic acids is 2. The lowest BCUT2D eigenvalue weighted by Crippen LogP contribution is -2.40. The molecule has 1 saturated heterocycles. The molecule has 3 unspecified atom stereocenters. The molecule has 6 nitrogen and oxygen atoms in total. The van der Waals surface area contributed by atoms with E-state index < -0.39 is 0 Å². The van der Waals surface area contributed by atoms with Crippen molar-refractivity contribution in [2.45, 2.75) is 51.1 Å². The van der Waals surface area contributed by atoms with E-state index in [9.17, 15) is 9.59 Å². The van der Waals surface area contributed by atoms with Gasteiger partial charge < -0.3 is 16.8 Å². The second-order valence-corrected chi connectivity index (χ2v) is 7.79. The SMILES string of the molecule is NC(=O)C1CCCN(Cc2ccc(NC(=O)C3CCCC(N)C3)cc2)C1. The first kappa shape index (κ1) is 18.9. The Bertz CT molecular complexity index is 631. The van der Waals surface area contributed by atoms with Crippen molar-refractivity contribution in [3.05, 3.63) is 29.8 Å². The number of piperidine rings is 1. The van der Waals surface area contributed by atoms with Gasteiger partial charge in [0.2, 0.25) is 11.8 Å². The van der Waals surface area contributed by atoms with Gasteiger partial charge in [0.15, 0.2) is 0 Å². The minimum atomic E-state index is -0.199. The van der Waals surface area contributed by atoms with Crippen molar-refractivity contribution in [3.8, 4) is 0 Å². The predicted octanol–water partition coefficient (Wildman–Crippen LogP) is 1.84. The van der Waals surface area contributed by atoms with Gasteiger partial charge in [-0.2, -0.15) is 0 Å². The Morgan fingerprint density at radius 3 is 2.50 bits per heavy atom. The van der Waals surface area contributed by atoms with Crippen LogP contribution < -0.4 is 16.8 Å². The van der Waals surface area contributed by atoms with Gasteiger partial charge in [0.25, 0.3) is 0 Å². The Morgan fingerprint density at radius 1 is 1.08 bits per heavy atom. The topological polar surface area (TPSA) is 101 Å². The predicted molar refractivity (Wildman–Crippen MR) is 102 cm³/mol. The van der Waals surface area contributed by atoms with Gasteiger partial charge in [0.1, 0.15) is 0 Å². The molecule has 1 aliphatic heterocycles. The molecule has 142 valence electrons. The normalized spacial score (nSPS) is 27.0. The minimum Gasteiger partial charge on any atom is -0.369 e. The van der Waals surface area contributed by atoms with Crippen LogP contribution in [-0.2, 0) is 16.1 Å². The van der Waals surface area contributed by atoms with Gasteiger partial charge in [-0.1, -0.05) is 18.6 Å². The average molecular weight is 358 g/mol. The summed E-state index contributed by atoms with van der Waals surface area (Å²) < 4.78 is 0. The Kier molecular flexibility index (Phi) is 6.27. The van der Waals surface area contributed by atoms with Crippen LogP contribution in [0.5, 0.6) is 0 Å². The third-order valence-corrected chi connectivity index (χ3v) is 5.62. The molecule has 2 amide bonds.